The van der Waals surface area contributed by atoms with Crippen LogP contribution in [0.5, 0.6) is 11.5 Å². The molecule has 6 heterocycles. The first kappa shape index (κ1) is 42.2. The topological polar surface area (TPSA) is 145 Å². The molecular formula is C41H43BN4NaO7. The fraction of sp³-hybridized carbons (Fsp3) is 0.293. The number of aromatic nitrogens is 4. The zero-order chi connectivity index (χ0) is 37.1. The van der Waals surface area contributed by atoms with Crippen molar-refractivity contribution in [1.82, 2.24) is 18.8 Å². The van der Waals surface area contributed by atoms with E-state index in [2.05, 4.69) is 9.97 Å². The summed E-state index contributed by atoms with van der Waals surface area (Å²) in [7, 11) is 1.00. The largest absolute Gasteiger partial charge is 1.00 e. The number of Topliss-reactive ketones (excluding diaryl/α,β-unsaturated/α-hetero) is 2. The first-order valence-corrected chi connectivity index (χ1v) is 17.2. The molecule has 2 N–H and O–H groups in total. The number of hydrogen-bond donors (Lipinski definition) is 2. The van der Waals surface area contributed by atoms with Crippen LogP contribution < -0.4 is 39.0 Å². The number of nitrogens with zero attached hydrogens (tertiary/aromatic N) is 4. The van der Waals surface area contributed by atoms with Crippen LogP contribution in [-0.4, -0.2) is 68.3 Å². The summed E-state index contributed by atoms with van der Waals surface area (Å²) >= 11 is 0. The third-order valence-corrected chi connectivity index (χ3v) is 9.19. The van der Waals surface area contributed by atoms with Gasteiger partial charge in [0.2, 0.25) is 6.29 Å². The molecule has 13 heteroatoms. The van der Waals surface area contributed by atoms with Crippen LogP contribution in [0.25, 0.3) is 11.3 Å². The van der Waals surface area contributed by atoms with Crippen LogP contribution in [0, 0.1) is 27.7 Å². The predicted molar refractivity (Wildman–Crippen MR) is 202 cm³/mol. The molecule has 0 fully saturated rings. The number of carbonyl (C=O) groups is 3. The van der Waals surface area contributed by atoms with Crippen molar-refractivity contribution in [3.63, 3.8) is 0 Å². The van der Waals surface area contributed by atoms with E-state index in [0.29, 0.717) is 55.7 Å². The number of rotatable bonds is 8. The van der Waals surface area contributed by atoms with Crippen LogP contribution in [0.15, 0.2) is 73.1 Å². The minimum absolute atomic E-state index is 0. The molecule has 0 aliphatic carbocycles. The van der Waals surface area contributed by atoms with Gasteiger partial charge in [-0.1, -0.05) is 24.3 Å². The molecule has 8 rings (SSSR count). The van der Waals surface area contributed by atoms with E-state index >= 15 is 0 Å². The Bertz CT molecular complexity index is 2340. The van der Waals surface area contributed by atoms with Gasteiger partial charge in [0.05, 0.1) is 17.8 Å². The number of imidazole rings is 2. The number of fused-ring (bicyclic) bond motifs is 4. The molecule has 3 radical (unpaired) electrons. The van der Waals surface area contributed by atoms with E-state index in [0.717, 1.165) is 68.9 Å². The second-order valence-electron chi connectivity index (χ2n) is 13.1. The molecule has 54 heavy (non-hydrogen) atoms. The van der Waals surface area contributed by atoms with Crippen molar-refractivity contribution in [3.8, 4) is 11.5 Å². The maximum atomic E-state index is 12.8. The van der Waals surface area contributed by atoms with Gasteiger partial charge >= 0.3 is 35.5 Å². The zero-order valence-electron chi connectivity index (χ0n) is 32.6. The fourth-order valence-corrected chi connectivity index (χ4v) is 6.73. The van der Waals surface area contributed by atoms with Crippen LogP contribution >= 0.6 is 0 Å². The molecule has 2 aliphatic rings. The number of carbonyl (C=O) groups excluding carboxylic acids is 3. The summed E-state index contributed by atoms with van der Waals surface area (Å²) in [5.74, 6) is 1.30. The van der Waals surface area contributed by atoms with E-state index in [1.807, 2.05) is 110 Å². The minimum atomic E-state index is -0.754. The van der Waals surface area contributed by atoms with Crippen molar-refractivity contribution in [1.29, 1.82) is 0 Å². The molecule has 6 aromatic rings. The molecule has 4 aromatic heterocycles. The molecule has 0 amide bonds. The second kappa shape index (κ2) is 18.2. The SMILES string of the molecule is CO.Cc1ccn2c(C(=O)CCc3ccc4c(c3)CC(=O)O4)c(C)nc2c1.Cc1ccn2c(C(=O)CCc3ccc4c(c3)CC(O)O4)c(C)nc2c1.[B].[H-].[Na+]. The Morgan fingerprint density at radius 2 is 1.24 bits per heavy atom. The van der Waals surface area contributed by atoms with Crippen molar-refractivity contribution in [2.45, 2.75) is 72.5 Å². The average Bonchev–Trinajstić information content (AvgIpc) is 3.86. The van der Waals surface area contributed by atoms with Crippen molar-refractivity contribution >= 4 is 37.2 Å². The van der Waals surface area contributed by atoms with Crippen LogP contribution in [0.4, 0.5) is 0 Å². The van der Waals surface area contributed by atoms with Crippen LogP contribution in [0.1, 0.15) is 80.0 Å². The van der Waals surface area contributed by atoms with Gasteiger partial charge in [0.15, 0.2) is 11.6 Å². The summed E-state index contributed by atoms with van der Waals surface area (Å²) < 4.78 is 14.1. The summed E-state index contributed by atoms with van der Waals surface area (Å²) in [5, 5.41) is 16.5. The standard InChI is InChI=1S/C20H20N2O3.C20H18N2O3.CH4O.B.Na.H/c2*1-12-7-8-22-18(9-12)21-13(2)20(22)16(23)5-3-14-4-6-17-15(10-14)11-19(24)25-17;1-2;;;/h4,6-10,19,24H,3,5,11H2,1-2H3;4,6-10H,3,5,11H2,1-2H3;2H,1H3;;;/q;;;;+1;-1. The Morgan fingerprint density at radius 3 is 1.76 bits per heavy atom. The van der Waals surface area contributed by atoms with Crippen molar-refractivity contribution in [2.24, 2.45) is 0 Å². The molecule has 0 saturated carbocycles. The van der Waals surface area contributed by atoms with Crippen LogP contribution in [-0.2, 0) is 30.5 Å². The molecule has 2 aliphatic heterocycles. The number of aliphatic hydroxyl groups excluding tert-OH is 2. The molecule has 0 saturated heterocycles. The Hall–Kier alpha value is -4.59. The molecule has 1 unspecified atom stereocenters. The molecule has 11 nitrogen and oxygen atoms in total. The van der Waals surface area contributed by atoms with E-state index in [4.69, 9.17) is 14.6 Å². The summed E-state index contributed by atoms with van der Waals surface area (Å²) in [6.07, 6.45) is 5.96. The van der Waals surface area contributed by atoms with E-state index in [1.165, 1.54) is 0 Å². The Balaban J connectivity index is 0.000000269. The van der Waals surface area contributed by atoms with Gasteiger partial charge in [-0.15, -0.1) is 0 Å². The first-order valence-electron chi connectivity index (χ1n) is 17.2. The maximum Gasteiger partial charge on any atom is 1.00 e. The monoisotopic (exact) mass is 737 g/mol. The molecule has 0 bridgehead atoms. The Kier molecular flexibility index (Phi) is 14.2. The van der Waals surface area contributed by atoms with Gasteiger partial charge in [-0.05, 0) is 99.2 Å². The first-order chi connectivity index (χ1) is 25.0. The van der Waals surface area contributed by atoms with Crippen LogP contribution in [0.2, 0.25) is 0 Å². The van der Waals surface area contributed by atoms with Gasteiger partial charge < -0.3 is 21.1 Å². The number of ether oxygens (including phenoxy) is 2. The Labute approximate surface area is 339 Å². The van der Waals surface area contributed by atoms with Gasteiger partial charge in [-0.3, -0.25) is 23.2 Å². The third-order valence-electron chi connectivity index (χ3n) is 9.19. The average molecular weight is 738 g/mol. The van der Waals surface area contributed by atoms with E-state index < -0.39 is 6.29 Å². The number of hydrogen-bond acceptors (Lipinski definition) is 9. The summed E-state index contributed by atoms with van der Waals surface area (Å²) in [4.78, 5) is 45.8. The molecule has 273 valence electrons. The van der Waals surface area contributed by atoms with E-state index in [9.17, 15) is 19.5 Å². The summed E-state index contributed by atoms with van der Waals surface area (Å²) in [6.45, 7) is 7.77. The molecular weight excluding hydrogens is 694 g/mol. The smallest absolute Gasteiger partial charge is 1.00 e. The van der Waals surface area contributed by atoms with Gasteiger partial charge in [-0.2, -0.15) is 0 Å². The predicted octanol–water partition coefficient (Wildman–Crippen LogP) is 2.59. The number of benzene rings is 2. The number of aliphatic hydroxyl groups is 2. The number of aryl methyl sites for hydroxylation is 6. The third kappa shape index (κ3) is 9.19. The maximum absolute atomic E-state index is 12.8. The fourth-order valence-electron chi connectivity index (χ4n) is 6.73. The quantitative estimate of drug-likeness (QED) is 0.104. The molecule has 2 aromatic carbocycles. The van der Waals surface area contributed by atoms with Crippen LogP contribution in [0.3, 0.4) is 0 Å². The van der Waals surface area contributed by atoms with Crippen molar-refractivity contribution < 1.29 is 65.1 Å². The van der Waals surface area contributed by atoms with Crippen molar-refractivity contribution in [2.75, 3.05) is 7.11 Å². The van der Waals surface area contributed by atoms with Crippen molar-refractivity contribution in [3.05, 3.63) is 129 Å². The minimum Gasteiger partial charge on any atom is -1.00 e. The molecule has 0 spiro atoms. The van der Waals surface area contributed by atoms with E-state index in [-0.39, 0.29) is 56.9 Å². The van der Waals surface area contributed by atoms with E-state index in [1.54, 1.807) is 0 Å². The van der Waals surface area contributed by atoms with Gasteiger partial charge in [0, 0.05) is 58.3 Å². The second-order valence-corrected chi connectivity index (χ2v) is 13.1. The zero-order valence-corrected chi connectivity index (χ0v) is 33.6. The van der Waals surface area contributed by atoms with Gasteiger partial charge in [-0.25, -0.2) is 9.97 Å². The summed E-state index contributed by atoms with van der Waals surface area (Å²) in [5.41, 5.74) is 10.7. The summed E-state index contributed by atoms with van der Waals surface area (Å²) in [6, 6.07) is 19.4. The van der Waals surface area contributed by atoms with Gasteiger partial charge in [0.25, 0.3) is 0 Å². The normalized spacial score (nSPS) is 13.6. The molecule has 1 atom stereocenters. The Morgan fingerprint density at radius 1 is 0.759 bits per heavy atom. The number of pyridine rings is 2. The number of ketones is 2. The number of esters is 1. The van der Waals surface area contributed by atoms with Gasteiger partial charge in [0.1, 0.15) is 34.2 Å².